The molecule has 8 aliphatic rings. The lowest BCUT2D eigenvalue weighted by Crippen LogP contribution is -2.58. The minimum Gasteiger partial charge on any atom is -0.448 e. The van der Waals surface area contributed by atoms with Gasteiger partial charge in [0.05, 0.1) is 190 Å². The molecule has 8 aliphatic heterocycles. The van der Waals surface area contributed by atoms with Crippen LogP contribution in [0.25, 0.3) is 0 Å². The van der Waals surface area contributed by atoms with E-state index in [-0.39, 0.29) is 168 Å². The molecule has 7 saturated heterocycles. The Morgan fingerprint density at radius 1 is 0.752 bits per heavy atom. The fourth-order valence-corrected chi connectivity index (χ4v) is 18.2. The fraction of sp³-hybridized carbons (Fsp3) is 0.759. The summed E-state index contributed by atoms with van der Waals surface area (Å²) in [5.41, 5.74) is 4.02. The van der Waals surface area contributed by atoms with Gasteiger partial charge in [-0.1, -0.05) is 78.8 Å². The second-order valence-corrected chi connectivity index (χ2v) is 34.8. The van der Waals surface area contributed by atoms with E-state index in [9.17, 15) is 33.9 Å². The molecule has 17 atom stereocenters. The van der Waals surface area contributed by atoms with Crippen LogP contribution in [0, 0.1) is 11.8 Å². The highest BCUT2D eigenvalue weighted by molar-refractivity contribution is 8.77. The first-order valence-electron chi connectivity index (χ1n) is 41.7. The van der Waals surface area contributed by atoms with Crippen molar-refractivity contribution in [3.63, 3.8) is 0 Å². The van der Waals surface area contributed by atoms with Crippen LogP contribution >= 0.6 is 21.6 Å². The normalized spacial score (nSPS) is 27.8. The number of rotatable bonds is 54. The molecule has 32 nitrogen and oxygen atoms in total. The zero-order valence-electron chi connectivity index (χ0n) is 69.4. The zero-order valence-corrected chi connectivity index (χ0v) is 71.0. The van der Waals surface area contributed by atoms with Gasteiger partial charge in [-0.25, -0.2) is 14.3 Å². The van der Waals surface area contributed by atoms with E-state index in [0.717, 1.165) is 54.6 Å². The first-order valence-corrected chi connectivity index (χ1v) is 44.3. The molecule has 656 valence electrons. The van der Waals surface area contributed by atoms with Gasteiger partial charge >= 0.3 is 12.2 Å². The molecule has 1 aromatic carbocycles. The van der Waals surface area contributed by atoms with Crippen LogP contribution < -0.4 is 15.5 Å². The number of aliphatic hydroxyl groups is 1. The lowest BCUT2D eigenvalue weighted by Gasteiger charge is -2.47. The number of aliphatic hydroxyl groups excluding tert-OH is 1. The van der Waals surface area contributed by atoms with Crippen molar-refractivity contribution in [3.8, 4) is 0 Å². The van der Waals surface area contributed by atoms with Gasteiger partial charge in [0.15, 0.2) is 5.79 Å². The van der Waals surface area contributed by atoms with Crippen LogP contribution in [0.5, 0.6) is 0 Å². The van der Waals surface area contributed by atoms with Gasteiger partial charge in [0.1, 0.15) is 36.9 Å². The monoisotopic (exact) mass is 1690 g/mol. The number of imide groups is 1. The fourth-order valence-electron chi connectivity index (χ4n) is 16.1. The van der Waals surface area contributed by atoms with E-state index in [1.165, 1.54) is 17.1 Å². The maximum atomic E-state index is 14.6. The third kappa shape index (κ3) is 29.3. The van der Waals surface area contributed by atoms with Crippen molar-refractivity contribution in [2.75, 3.05) is 151 Å². The average molecular weight is 1690 g/mol. The van der Waals surface area contributed by atoms with Crippen LogP contribution in [-0.4, -0.2) is 302 Å². The summed E-state index contributed by atoms with van der Waals surface area (Å²) in [5, 5.41) is 25.2. The number of fused-ring (bicyclic) bond motifs is 7. The van der Waals surface area contributed by atoms with Crippen molar-refractivity contribution in [1.82, 2.24) is 30.5 Å². The van der Waals surface area contributed by atoms with Gasteiger partial charge in [-0.2, -0.15) is 0 Å². The third-order valence-electron chi connectivity index (χ3n) is 22.4. The number of hydrogen-bond donors (Lipinski definition) is 3. The standard InChI is InChI=1S/C83H127N7O25S2/c1-10-11-12-66-56(3)43-64(110-66)21-24-83-49-73(98-7)79(115-83)71-48-72(114-83)78-67(112-71)18-17-63(111-78)44-61(91)45-65-69(47-68-57(4)55(2)23-29-107-68)113-70(77(65)99-8)46-62(92)50-85-80(96)108-52-58-13-15-60(16-14-58)89(81(97)109-54-82(5,6)117-116-9)28-32-102-35-38-104-37-34-101-31-27-88-51-59(86-87-88)53-106-42-41-105-40-39-103-36-33-100-30-25-84-74(93)22-26-90-75(94)19-20-76(90)95/h13-16,19-20,51,55,62-73,77-79,92H,3-4,10-12,17-18,21-50,52-54H2,1-2,5-9H3,(H,84,93)(H,85,96)/t55-,62+,63-,64+,65+,66+,67+,68-,69+,70-,71?,72-,73-,77-,78+,79-,83-/m1/s1. The molecule has 1 unspecified atom stereocenters. The average Bonchev–Trinajstić information content (AvgIpc) is 1.60. The number of unbranched alkanes of at least 4 members (excludes halogenated alkanes) is 1. The highest BCUT2D eigenvalue weighted by Crippen LogP contribution is 2.50. The van der Waals surface area contributed by atoms with Crippen molar-refractivity contribution < 1.29 is 119 Å². The Hall–Kier alpha value is -5.58. The van der Waals surface area contributed by atoms with Crippen molar-refractivity contribution in [2.45, 2.75) is 246 Å². The third-order valence-corrected chi connectivity index (χ3v) is 25.0. The summed E-state index contributed by atoms with van der Waals surface area (Å²) in [6, 6.07) is 7.02. The second-order valence-electron chi connectivity index (χ2n) is 31.7. The summed E-state index contributed by atoms with van der Waals surface area (Å²) >= 11 is 0. The Balaban J connectivity index is 0.594. The molecule has 0 radical (unpaired) electrons. The first kappa shape index (κ1) is 93.7. The minimum atomic E-state index is -1.06. The first-order chi connectivity index (χ1) is 56.6. The molecule has 1 aromatic heterocycles. The largest absolute Gasteiger partial charge is 0.448 e. The van der Waals surface area contributed by atoms with Gasteiger partial charge in [-0.05, 0) is 93.4 Å². The molecular weight excluding hydrogens is 1560 g/mol. The van der Waals surface area contributed by atoms with Crippen molar-refractivity contribution >= 4 is 63.0 Å². The predicted octanol–water partition coefficient (Wildman–Crippen LogP) is 8.14. The molecule has 3 N–H and O–H groups in total. The quantitative estimate of drug-likeness (QED) is 0.0243. The van der Waals surface area contributed by atoms with Gasteiger partial charge in [-0.3, -0.25) is 29.0 Å². The molecule has 34 heteroatoms. The van der Waals surface area contributed by atoms with Crippen molar-refractivity contribution in [1.29, 1.82) is 0 Å². The lowest BCUT2D eigenvalue weighted by molar-refractivity contribution is -0.277. The molecule has 0 aliphatic carbocycles. The molecule has 0 spiro atoms. The van der Waals surface area contributed by atoms with Gasteiger partial charge in [-0.15, -0.1) is 5.10 Å². The summed E-state index contributed by atoms with van der Waals surface area (Å²) in [6.45, 7) is 23.2. The number of anilines is 1. The van der Waals surface area contributed by atoms with Gasteiger partial charge < -0.3 is 101 Å². The summed E-state index contributed by atoms with van der Waals surface area (Å²) in [6.07, 6.45) is 9.82. The van der Waals surface area contributed by atoms with E-state index in [4.69, 9.17) is 85.3 Å². The number of Topliss-reactive ketones (excluding diaryl/α,β-unsaturated/α-hetero) is 1. The van der Waals surface area contributed by atoms with Crippen LogP contribution in [0.4, 0.5) is 15.3 Å². The highest BCUT2D eigenvalue weighted by atomic mass is 33.1. The van der Waals surface area contributed by atoms with Gasteiger partial charge in [0.25, 0.3) is 11.8 Å². The smallest absolute Gasteiger partial charge is 0.414 e. The van der Waals surface area contributed by atoms with E-state index in [2.05, 4.69) is 48.0 Å². The number of amides is 5. The number of nitrogens with zero attached hydrogens (tertiary/aromatic N) is 5. The van der Waals surface area contributed by atoms with Crippen LogP contribution in [0.15, 0.2) is 66.9 Å². The Kier molecular flexibility index (Phi) is 38.7. The Morgan fingerprint density at radius 2 is 1.46 bits per heavy atom. The Labute approximate surface area is 696 Å². The molecule has 0 saturated carbocycles. The van der Waals surface area contributed by atoms with Crippen LogP contribution in [0.3, 0.4) is 0 Å². The zero-order chi connectivity index (χ0) is 83.1. The predicted molar refractivity (Wildman–Crippen MR) is 432 cm³/mol. The van der Waals surface area contributed by atoms with E-state index in [1.54, 1.807) is 71.0 Å². The number of ketones is 1. The highest BCUT2D eigenvalue weighted by Gasteiger charge is 2.60. The number of hydrogen-bond acceptors (Lipinski definition) is 29. The van der Waals surface area contributed by atoms with Gasteiger partial charge in [0.2, 0.25) is 5.91 Å². The van der Waals surface area contributed by atoms with E-state index in [1.807, 2.05) is 20.1 Å². The van der Waals surface area contributed by atoms with Crippen LogP contribution in [-0.2, 0) is 124 Å². The number of carbonyl (C=O) groups excluding carboxylic acids is 6. The number of ether oxygens (including phenoxy) is 18. The van der Waals surface area contributed by atoms with Crippen LogP contribution in [0.2, 0.25) is 0 Å². The second kappa shape index (κ2) is 48.3. The molecule has 5 amide bonds. The Morgan fingerprint density at radius 3 is 2.17 bits per heavy atom. The maximum absolute atomic E-state index is 14.6. The van der Waals surface area contributed by atoms with Crippen LogP contribution in [0.1, 0.15) is 142 Å². The topological polar surface area (TPSA) is 350 Å². The van der Waals surface area contributed by atoms with E-state index in [0.29, 0.717) is 148 Å². The van der Waals surface area contributed by atoms with Gasteiger partial charge in [0, 0.05) is 116 Å². The number of carbonyl (C=O) groups is 6. The number of benzene rings is 1. The number of nitrogens with one attached hydrogen (secondary N) is 2. The molecule has 4 bridgehead atoms. The summed E-state index contributed by atoms with van der Waals surface area (Å²) in [5.74, 6) is -2.10. The SMILES string of the molecule is C=C1C[C@H](CC[C@]23C[C@@H](OC)[C@H](O2)C2C[C@@H](O3)[C@H]3O[C@@H](CC(=O)C[C@@H]4[C@@H](OC)[C@@H](C[C@H](O)CNC(=O)OCc5ccc(N(CCOCCOCCOCCn6cc(COCCOCCOCCOCCNC(=O)CCN7C(=O)C=CC7=O)nn6)C(=O)OCC(C)(C)SSC)cc5)O[C@H]4C[C@H]4OCC[C@@H](C)C4=C)CC[C@@H]3O2)O[C@H]1CCCC. The lowest BCUT2D eigenvalue weighted by atomic mass is 9.82. The number of aromatic nitrogens is 3. The maximum Gasteiger partial charge on any atom is 0.414 e. The van der Waals surface area contributed by atoms with Crippen molar-refractivity contribution in [2.24, 2.45) is 11.8 Å². The Bertz CT molecular complexity index is 3450. The molecule has 117 heavy (non-hydrogen) atoms. The van der Waals surface area contributed by atoms with Crippen molar-refractivity contribution in [3.05, 3.63) is 78.2 Å². The molecule has 2 aromatic rings. The minimum absolute atomic E-state index is 0.0146. The molecular formula is C83H127N7O25S2. The molecule has 9 heterocycles. The summed E-state index contributed by atoms with van der Waals surface area (Å²) < 4.78 is 112. The summed E-state index contributed by atoms with van der Waals surface area (Å²) in [7, 11) is 6.53. The van der Waals surface area contributed by atoms with E-state index < -0.39 is 54.2 Å². The summed E-state index contributed by atoms with van der Waals surface area (Å²) in [4.78, 5) is 79.2. The van der Waals surface area contributed by atoms with E-state index >= 15 is 0 Å². The number of methoxy groups -OCH3 is 2. The molecule has 7 fully saturated rings. The molecule has 10 rings (SSSR count). The number of alkyl carbamates (subject to hydrolysis) is 1.